The van der Waals surface area contributed by atoms with Gasteiger partial charge in [0.25, 0.3) is 0 Å². The van der Waals surface area contributed by atoms with Crippen LogP contribution in [0.1, 0.15) is 0 Å². The molecule has 0 heterocycles. The van der Waals surface area contributed by atoms with E-state index in [1.165, 1.54) is 6.07 Å². The Bertz CT molecular complexity index is 321. The predicted molar refractivity (Wildman–Crippen MR) is 51.8 cm³/mol. The molecule has 6 heteroatoms. The average Bonchev–Trinajstić information content (AvgIpc) is 1.91. The summed E-state index contributed by atoms with van der Waals surface area (Å²) >= 11 is 1.93. The molecule has 12 heavy (non-hydrogen) atoms. The molecule has 0 aliphatic carbocycles. The molecule has 0 unspecified atom stereocenters. The van der Waals surface area contributed by atoms with Gasteiger partial charge in [-0.1, -0.05) is 12.1 Å². The highest BCUT2D eigenvalue weighted by Crippen LogP contribution is 2.39. The van der Waals surface area contributed by atoms with Crippen LogP contribution in [-0.4, -0.2) is 9.79 Å². The SMILES string of the molecule is O=P(O)(O)Oc1ccccc1I. The molecule has 0 saturated heterocycles. The summed E-state index contributed by atoms with van der Waals surface area (Å²) in [5.74, 6) is 0.200. The van der Waals surface area contributed by atoms with E-state index < -0.39 is 7.82 Å². The van der Waals surface area contributed by atoms with Crippen molar-refractivity contribution in [1.82, 2.24) is 0 Å². The Hall–Kier alpha value is -0.100. The lowest BCUT2D eigenvalue weighted by atomic mass is 10.3. The highest BCUT2D eigenvalue weighted by molar-refractivity contribution is 14.1. The van der Waals surface area contributed by atoms with Crippen LogP contribution in [0, 0.1) is 3.57 Å². The quantitative estimate of drug-likeness (QED) is 0.645. The van der Waals surface area contributed by atoms with Crippen LogP contribution in [0.2, 0.25) is 0 Å². The van der Waals surface area contributed by atoms with E-state index in [9.17, 15) is 4.57 Å². The normalized spacial score (nSPS) is 11.2. The first-order chi connectivity index (χ1) is 5.49. The van der Waals surface area contributed by atoms with Crippen molar-refractivity contribution in [2.24, 2.45) is 0 Å². The molecule has 66 valence electrons. The summed E-state index contributed by atoms with van der Waals surface area (Å²) in [4.78, 5) is 17.0. The molecule has 2 N–H and O–H groups in total. The van der Waals surface area contributed by atoms with Crippen molar-refractivity contribution in [2.75, 3.05) is 0 Å². The lowest BCUT2D eigenvalue weighted by molar-refractivity contribution is 0.282. The standard InChI is InChI=1S/C6H6IO4P/c7-5-3-1-2-4-6(5)11-12(8,9)10/h1-4H,(H2,8,9,10). The Morgan fingerprint density at radius 2 is 1.92 bits per heavy atom. The van der Waals surface area contributed by atoms with E-state index in [4.69, 9.17) is 9.79 Å². The van der Waals surface area contributed by atoms with Crippen molar-refractivity contribution in [3.8, 4) is 5.75 Å². The number of hydrogen-bond acceptors (Lipinski definition) is 2. The lowest BCUT2D eigenvalue weighted by Gasteiger charge is -2.07. The van der Waals surface area contributed by atoms with Crippen molar-refractivity contribution >= 4 is 30.4 Å². The first-order valence-electron chi connectivity index (χ1n) is 2.99. The average molecular weight is 300 g/mol. The molecule has 0 atom stereocenters. The first kappa shape index (κ1) is 9.98. The zero-order valence-electron chi connectivity index (χ0n) is 5.85. The minimum absolute atomic E-state index is 0.200. The molecular weight excluding hydrogens is 294 g/mol. The van der Waals surface area contributed by atoms with Crippen molar-refractivity contribution in [3.05, 3.63) is 27.8 Å². The molecular formula is C6H6IO4P. The fourth-order valence-electron chi connectivity index (χ4n) is 0.647. The van der Waals surface area contributed by atoms with Crippen molar-refractivity contribution in [2.45, 2.75) is 0 Å². The number of hydrogen-bond donors (Lipinski definition) is 2. The smallest absolute Gasteiger partial charge is 0.403 e. The molecule has 0 spiro atoms. The van der Waals surface area contributed by atoms with Gasteiger partial charge in [-0.15, -0.1) is 0 Å². The van der Waals surface area contributed by atoms with Crippen LogP contribution in [0.15, 0.2) is 24.3 Å². The van der Waals surface area contributed by atoms with Crippen LogP contribution in [0.4, 0.5) is 0 Å². The third kappa shape index (κ3) is 3.10. The van der Waals surface area contributed by atoms with Gasteiger partial charge in [-0.2, -0.15) is 0 Å². The number of benzene rings is 1. The molecule has 0 saturated carbocycles. The maximum absolute atomic E-state index is 10.4. The number of phosphoric acid groups is 1. The molecule has 0 amide bonds. The van der Waals surface area contributed by atoms with E-state index in [1.807, 2.05) is 22.6 Å². The topological polar surface area (TPSA) is 66.8 Å². The van der Waals surface area contributed by atoms with Gasteiger partial charge in [-0.05, 0) is 34.7 Å². The van der Waals surface area contributed by atoms with E-state index in [0.717, 1.165) is 0 Å². The van der Waals surface area contributed by atoms with Crippen LogP contribution in [0.25, 0.3) is 0 Å². The molecule has 0 radical (unpaired) electrons. The highest BCUT2D eigenvalue weighted by Gasteiger charge is 2.16. The van der Waals surface area contributed by atoms with Gasteiger partial charge in [0.15, 0.2) is 0 Å². The molecule has 0 fully saturated rings. The maximum atomic E-state index is 10.4. The maximum Gasteiger partial charge on any atom is 0.524 e. The van der Waals surface area contributed by atoms with E-state index >= 15 is 0 Å². The summed E-state index contributed by atoms with van der Waals surface area (Å²) in [5, 5.41) is 0. The van der Waals surface area contributed by atoms with Crippen LogP contribution in [-0.2, 0) is 4.57 Å². The molecule has 0 aliphatic rings. The second kappa shape index (κ2) is 3.74. The number of rotatable bonds is 2. The summed E-state index contributed by atoms with van der Waals surface area (Å²) in [6.07, 6.45) is 0. The predicted octanol–water partition coefficient (Wildman–Crippen LogP) is 1.76. The summed E-state index contributed by atoms with van der Waals surface area (Å²) in [6, 6.07) is 6.61. The molecule has 0 aromatic heterocycles. The van der Waals surface area contributed by atoms with E-state index in [2.05, 4.69) is 4.52 Å². The Balaban J connectivity index is 2.90. The van der Waals surface area contributed by atoms with Gasteiger partial charge in [0.1, 0.15) is 5.75 Å². The number of para-hydroxylation sites is 1. The zero-order chi connectivity index (χ0) is 9.19. The Labute approximate surface area is 82.9 Å². The fourth-order valence-corrected chi connectivity index (χ4v) is 1.73. The molecule has 0 bridgehead atoms. The van der Waals surface area contributed by atoms with Crippen molar-refractivity contribution in [3.63, 3.8) is 0 Å². The Morgan fingerprint density at radius 1 is 1.33 bits per heavy atom. The van der Waals surface area contributed by atoms with Crippen LogP contribution < -0.4 is 4.52 Å². The molecule has 1 rings (SSSR count). The first-order valence-corrected chi connectivity index (χ1v) is 5.59. The van der Waals surface area contributed by atoms with Gasteiger partial charge in [-0.25, -0.2) is 4.57 Å². The van der Waals surface area contributed by atoms with Crippen molar-refractivity contribution < 1.29 is 18.9 Å². The largest absolute Gasteiger partial charge is 0.524 e. The molecule has 1 aromatic rings. The second-order valence-electron chi connectivity index (χ2n) is 2.01. The van der Waals surface area contributed by atoms with E-state index in [1.54, 1.807) is 18.2 Å². The van der Waals surface area contributed by atoms with Gasteiger partial charge in [0, 0.05) is 0 Å². The Kier molecular flexibility index (Phi) is 3.11. The minimum Gasteiger partial charge on any atom is -0.403 e. The van der Waals surface area contributed by atoms with Gasteiger partial charge >= 0.3 is 7.82 Å². The summed E-state index contributed by atoms with van der Waals surface area (Å²) in [5.41, 5.74) is 0. The summed E-state index contributed by atoms with van der Waals surface area (Å²) in [7, 11) is -4.42. The lowest BCUT2D eigenvalue weighted by Crippen LogP contribution is -1.91. The van der Waals surface area contributed by atoms with Gasteiger partial charge in [0.2, 0.25) is 0 Å². The third-order valence-electron chi connectivity index (χ3n) is 1.05. The van der Waals surface area contributed by atoms with Gasteiger partial charge in [0.05, 0.1) is 3.57 Å². The Morgan fingerprint density at radius 3 is 2.42 bits per heavy atom. The van der Waals surface area contributed by atoms with Crippen LogP contribution in [0.3, 0.4) is 0 Å². The van der Waals surface area contributed by atoms with Crippen LogP contribution in [0.5, 0.6) is 5.75 Å². The third-order valence-corrected chi connectivity index (χ3v) is 2.38. The molecule has 0 aliphatic heterocycles. The minimum atomic E-state index is -4.42. The highest BCUT2D eigenvalue weighted by atomic mass is 127. The number of halogens is 1. The van der Waals surface area contributed by atoms with Gasteiger partial charge < -0.3 is 4.52 Å². The monoisotopic (exact) mass is 300 g/mol. The summed E-state index contributed by atoms with van der Waals surface area (Å²) in [6.45, 7) is 0. The van der Waals surface area contributed by atoms with Crippen molar-refractivity contribution in [1.29, 1.82) is 0 Å². The molecule has 4 nitrogen and oxygen atoms in total. The molecule has 1 aromatic carbocycles. The summed E-state index contributed by atoms with van der Waals surface area (Å²) < 4.78 is 15.5. The van der Waals surface area contributed by atoms with Gasteiger partial charge in [-0.3, -0.25) is 9.79 Å². The number of phosphoric ester groups is 1. The zero-order valence-corrected chi connectivity index (χ0v) is 8.90. The fraction of sp³-hybridized carbons (Fsp3) is 0. The second-order valence-corrected chi connectivity index (χ2v) is 4.34. The van der Waals surface area contributed by atoms with Crippen LogP contribution >= 0.6 is 30.4 Å². The van der Waals surface area contributed by atoms with E-state index in [-0.39, 0.29) is 5.75 Å². The van der Waals surface area contributed by atoms with E-state index in [0.29, 0.717) is 3.57 Å².